The summed E-state index contributed by atoms with van der Waals surface area (Å²) >= 11 is 0. The molecule has 3 heterocycles. The maximum Gasteiger partial charge on any atom is 0.233 e. The van der Waals surface area contributed by atoms with Crippen molar-refractivity contribution in [3.63, 3.8) is 0 Å². The lowest BCUT2D eigenvalue weighted by atomic mass is 9.85. The Labute approximate surface area is 205 Å². The van der Waals surface area contributed by atoms with Crippen LogP contribution >= 0.6 is 24.0 Å². The first-order valence-corrected chi connectivity index (χ1v) is 11.6. The molecule has 2 aliphatic carbocycles. The summed E-state index contributed by atoms with van der Waals surface area (Å²) in [7, 11) is 0. The maximum absolute atomic E-state index is 12.8. The first-order valence-electron chi connectivity index (χ1n) is 11.6. The number of fused-ring (bicyclic) bond motifs is 6. The number of hydrogen-bond acceptors (Lipinski definition) is 5. The minimum absolute atomic E-state index is 0. The molecule has 4 unspecified atom stereocenters. The van der Waals surface area contributed by atoms with Gasteiger partial charge in [0, 0.05) is 32.6 Å². The van der Waals surface area contributed by atoms with Crippen molar-refractivity contribution in [2.75, 3.05) is 19.6 Å². The van der Waals surface area contributed by atoms with Crippen molar-refractivity contribution in [1.29, 1.82) is 0 Å². The number of imide groups is 1. The Bertz CT molecular complexity index is 897. The number of hydrogen-bond donors (Lipinski definition) is 2. The van der Waals surface area contributed by atoms with Crippen LogP contribution in [0.5, 0.6) is 0 Å². The van der Waals surface area contributed by atoms with Gasteiger partial charge >= 0.3 is 0 Å². The Balaban J connectivity index is 0.00000245. The van der Waals surface area contributed by atoms with Crippen LogP contribution in [-0.4, -0.2) is 57.1 Å². The summed E-state index contributed by atoms with van der Waals surface area (Å²) in [5.74, 6) is 2.84. The Hall–Kier alpha value is -1.98. The van der Waals surface area contributed by atoms with E-state index in [0.29, 0.717) is 25.6 Å². The lowest BCUT2D eigenvalue weighted by Crippen LogP contribution is -2.43. The van der Waals surface area contributed by atoms with Gasteiger partial charge in [0.1, 0.15) is 12.4 Å². The Morgan fingerprint density at radius 2 is 1.84 bits per heavy atom. The number of halogens is 1. The minimum atomic E-state index is -0.132. The molecule has 5 rings (SSSR count). The molecule has 1 saturated heterocycles. The zero-order valence-corrected chi connectivity index (χ0v) is 20.8. The third-order valence-electron chi connectivity index (χ3n) is 7.10. The minimum Gasteiger partial charge on any atom is -0.357 e. The number of likely N-dealkylation sites (tertiary alicyclic amines) is 1. The molecule has 0 aromatic carbocycles. The van der Waals surface area contributed by atoms with Crippen LogP contribution in [0.1, 0.15) is 44.3 Å². The monoisotopic (exact) mass is 553 g/mol. The predicted octanol–water partition coefficient (Wildman–Crippen LogP) is 1.48. The van der Waals surface area contributed by atoms with Crippen LogP contribution in [0.2, 0.25) is 0 Å². The summed E-state index contributed by atoms with van der Waals surface area (Å²) in [6, 6.07) is 0. The number of aryl methyl sites for hydroxylation is 1. The van der Waals surface area contributed by atoms with E-state index >= 15 is 0 Å². The standard InChI is InChI=1S/C22H31N7O2.HI/c1-2-23-22(25-13-17-27-26-16-6-4-3-5-10-28(16)17)24-9-11-29-20(30)18-14-7-8-15(12-14)19(18)21(29)31;/h7-8,14-15,18-19H,2-6,9-13H2,1H3,(H2,23,24,25);1H. The smallest absolute Gasteiger partial charge is 0.233 e. The third-order valence-corrected chi connectivity index (χ3v) is 7.10. The number of aliphatic imine (C=N–C) groups is 1. The number of guanidine groups is 1. The van der Waals surface area contributed by atoms with Gasteiger partial charge in [-0.2, -0.15) is 0 Å². The van der Waals surface area contributed by atoms with Gasteiger partial charge in [0.15, 0.2) is 11.8 Å². The average Bonchev–Trinajstić information content (AvgIpc) is 3.49. The van der Waals surface area contributed by atoms with Gasteiger partial charge in [-0.1, -0.05) is 18.6 Å². The highest BCUT2D eigenvalue weighted by Crippen LogP contribution is 2.52. The summed E-state index contributed by atoms with van der Waals surface area (Å²) in [6.45, 7) is 4.99. The Morgan fingerprint density at radius 1 is 1.09 bits per heavy atom. The van der Waals surface area contributed by atoms with E-state index in [1.165, 1.54) is 17.7 Å². The third kappa shape index (κ3) is 4.17. The molecule has 0 spiro atoms. The molecule has 1 aromatic rings. The number of aromatic nitrogens is 3. The molecule has 10 heteroatoms. The van der Waals surface area contributed by atoms with Gasteiger partial charge in [-0.15, -0.1) is 34.2 Å². The van der Waals surface area contributed by atoms with E-state index in [1.807, 2.05) is 6.92 Å². The summed E-state index contributed by atoms with van der Waals surface area (Å²) in [4.78, 5) is 31.7. The average molecular weight is 553 g/mol. The second-order valence-electron chi connectivity index (χ2n) is 8.94. The highest BCUT2D eigenvalue weighted by Gasteiger charge is 2.58. The van der Waals surface area contributed by atoms with Crippen molar-refractivity contribution in [2.24, 2.45) is 28.7 Å². The van der Waals surface area contributed by atoms with Crippen LogP contribution < -0.4 is 10.6 Å². The van der Waals surface area contributed by atoms with Crippen LogP contribution in [0.3, 0.4) is 0 Å². The van der Waals surface area contributed by atoms with Crippen LogP contribution in [-0.2, 0) is 29.1 Å². The number of amides is 2. The molecule has 4 aliphatic rings. The lowest BCUT2D eigenvalue weighted by Gasteiger charge is -2.18. The normalized spacial score (nSPS) is 28.4. The van der Waals surface area contributed by atoms with Crippen molar-refractivity contribution in [2.45, 2.75) is 52.1 Å². The fourth-order valence-corrected chi connectivity index (χ4v) is 5.62. The molecule has 32 heavy (non-hydrogen) atoms. The van der Waals surface area contributed by atoms with Crippen LogP contribution in [0.4, 0.5) is 0 Å². The van der Waals surface area contributed by atoms with Crippen molar-refractivity contribution in [1.82, 2.24) is 30.3 Å². The largest absolute Gasteiger partial charge is 0.357 e. The molecule has 2 aliphatic heterocycles. The van der Waals surface area contributed by atoms with Crippen molar-refractivity contribution in [3.8, 4) is 0 Å². The van der Waals surface area contributed by atoms with Crippen molar-refractivity contribution >= 4 is 41.8 Å². The SMILES string of the molecule is CCNC(=NCc1nnc2n1CCCCC2)NCCN1C(=O)C2C3C=CC(C3)C2C1=O.I. The molecule has 2 bridgehead atoms. The van der Waals surface area contributed by atoms with E-state index in [9.17, 15) is 9.59 Å². The van der Waals surface area contributed by atoms with E-state index in [-0.39, 0.29) is 59.5 Å². The zero-order valence-electron chi connectivity index (χ0n) is 18.5. The van der Waals surface area contributed by atoms with E-state index in [4.69, 9.17) is 0 Å². The molecule has 2 amide bonds. The highest BCUT2D eigenvalue weighted by atomic mass is 127. The molecular weight excluding hydrogens is 521 g/mol. The van der Waals surface area contributed by atoms with Gasteiger partial charge < -0.3 is 15.2 Å². The lowest BCUT2D eigenvalue weighted by molar-refractivity contribution is -0.140. The molecule has 174 valence electrons. The number of allylic oxidation sites excluding steroid dienone is 2. The molecule has 2 fully saturated rings. The topological polar surface area (TPSA) is 105 Å². The van der Waals surface area contributed by atoms with Gasteiger partial charge in [-0.3, -0.25) is 14.5 Å². The van der Waals surface area contributed by atoms with Crippen LogP contribution in [0, 0.1) is 23.7 Å². The second-order valence-corrected chi connectivity index (χ2v) is 8.94. The first kappa shape index (κ1) is 23.2. The summed E-state index contributed by atoms with van der Waals surface area (Å²) in [5.41, 5.74) is 0. The summed E-state index contributed by atoms with van der Waals surface area (Å²) in [5, 5.41) is 15.2. The fourth-order valence-electron chi connectivity index (χ4n) is 5.62. The number of rotatable bonds is 6. The zero-order chi connectivity index (χ0) is 21.4. The number of carbonyl (C=O) groups is 2. The maximum atomic E-state index is 12.8. The molecular formula is C22H32IN7O2. The Morgan fingerprint density at radius 3 is 2.56 bits per heavy atom. The van der Waals surface area contributed by atoms with Gasteiger partial charge in [0.05, 0.1) is 11.8 Å². The van der Waals surface area contributed by atoms with Crippen molar-refractivity contribution < 1.29 is 9.59 Å². The second kappa shape index (κ2) is 9.88. The van der Waals surface area contributed by atoms with E-state index in [1.54, 1.807) is 0 Å². The molecule has 9 nitrogen and oxygen atoms in total. The summed E-state index contributed by atoms with van der Waals surface area (Å²) < 4.78 is 2.20. The van der Waals surface area contributed by atoms with Gasteiger partial charge in [-0.05, 0) is 38.0 Å². The number of nitrogens with one attached hydrogen (secondary N) is 2. The van der Waals surface area contributed by atoms with E-state index in [2.05, 4.69) is 42.5 Å². The van der Waals surface area contributed by atoms with Crippen molar-refractivity contribution in [3.05, 3.63) is 23.8 Å². The number of nitrogens with zero attached hydrogens (tertiary/aromatic N) is 5. The molecule has 2 N–H and O–H groups in total. The predicted molar refractivity (Wildman–Crippen MR) is 130 cm³/mol. The van der Waals surface area contributed by atoms with Crippen LogP contribution in [0.25, 0.3) is 0 Å². The van der Waals surface area contributed by atoms with Gasteiger partial charge in [-0.25, -0.2) is 4.99 Å². The fraction of sp³-hybridized carbons (Fsp3) is 0.682. The molecule has 1 aromatic heterocycles. The number of carbonyl (C=O) groups excluding carboxylic acids is 2. The summed E-state index contributed by atoms with van der Waals surface area (Å²) in [6.07, 6.45) is 9.73. The Kier molecular flexibility index (Phi) is 7.16. The molecule has 0 radical (unpaired) electrons. The van der Waals surface area contributed by atoms with Gasteiger partial charge in [0.2, 0.25) is 11.8 Å². The molecule has 1 saturated carbocycles. The van der Waals surface area contributed by atoms with Gasteiger partial charge in [0.25, 0.3) is 0 Å². The molecule has 4 atom stereocenters. The highest BCUT2D eigenvalue weighted by molar-refractivity contribution is 14.0. The quantitative estimate of drug-likeness (QED) is 0.182. The van der Waals surface area contributed by atoms with E-state index < -0.39 is 0 Å². The first-order chi connectivity index (χ1) is 15.2. The van der Waals surface area contributed by atoms with Crippen LogP contribution in [0.15, 0.2) is 17.1 Å². The van der Waals surface area contributed by atoms with E-state index in [0.717, 1.165) is 44.0 Å².